The van der Waals surface area contributed by atoms with Crippen molar-refractivity contribution in [1.82, 2.24) is 0 Å². The van der Waals surface area contributed by atoms with Crippen LogP contribution in [0.15, 0.2) is 18.2 Å². The summed E-state index contributed by atoms with van der Waals surface area (Å²) in [6.45, 7) is 2.16. The van der Waals surface area contributed by atoms with Crippen LogP contribution >= 0.6 is 0 Å². The molecule has 0 spiro atoms. The molecule has 0 aliphatic carbocycles. The van der Waals surface area contributed by atoms with Crippen LogP contribution in [0.4, 0.5) is 0 Å². The fourth-order valence-electron chi connectivity index (χ4n) is 3.13. The Bertz CT molecular complexity index is 499. The van der Waals surface area contributed by atoms with Crippen LogP contribution in [0.1, 0.15) is 82.3 Å². The first-order valence-corrected chi connectivity index (χ1v) is 9.73. The molecule has 1 aromatic carbocycles. The maximum absolute atomic E-state index is 10.5. The van der Waals surface area contributed by atoms with E-state index in [4.69, 9.17) is 5.11 Å². The van der Waals surface area contributed by atoms with E-state index in [1.165, 1.54) is 5.56 Å². The summed E-state index contributed by atoms with van der Waals surface area (Å²) < 4.78 is 0. The molecule has 1 aromatic rings. The molecule has 1 unspecified atom stereocenters. The highest BCUT2D eigenvalue weighted by Gasteiger charge is 2.09. The van der Waals surface area contributed by atoms with E-state index in [9.17, 15) is 15.0 Å². The van der Waals surface area contributed by atoms with Gasteiger partial charge in [-0.1, -0.05) is 45.1 Å². The third-order valence-electron chi connectivity index (χ3n) is 4.66. The minimum absolute atomic E-state index is 0.250. The summed E-state index contributed by atoms with van der Waals surface area (Å²) in [7, 11) is 0. The smallest absolute Gasteiger partial charge is 0.303 e. The minimum atomic E-state index is -0.724. The van der Waals surface area contributed by atoms with E-state index >= 15 is 0 Å². The van der Waals surface area contributed by atoms with Gasteiger partial charge in [0, 0.05) is 6.42 Å². The van der Waals surface area contributed by atoms with Gasteiger partial charge in [-0.3, -0.25) is 4.79 Å². The van der Waals surface area contributed by atoms with Crippen LogP contribution in [-0.4, -0.2) is 27.4 Å². The number of hydrogen-bond donors (Lipinski definition) is 3. The van der Waals surface area contributed by atoms with Crippen molar-refractivity contribution in [2.75, 3.05) is 0 Å². The van der Waals surface area contributed by atoms with Crippen LogP contribution in [0.3, 0.4) is 0 Å². The molecule has 1 atom stereocenters. The van der Waals surface area contributed by atoms with Gasteiger partial charge >= 0.3 is 5.97 Å². The molecule has 0 aliphatic heterocycles. The molecule has 0 aromatic heterocycles. The fraction of sp³-hybridized carbons (Fsp3) is 0.667. The lowest BCUT2D eigenvalue weighted by Gasteiger charge is -2.13. The number of aromatic hydroxyl groups is 1. The number of aliphatic carboxylic acids is 1. The van der Waals surface area contributed by atoms with E-state index in [2.05, 4.69) is 6.92 Å². The molecule has 0 fully saturated rings. The molecule has 0 heterocycles. The maximum atomic E-state index is 10.5. The van der Waals surface area contributed by atoms with E-state index in [1.807, 2.05) is 12.1 Å². The lowest BCUT2D eigenvalue weighted by atomic mass is 9.95. The third-order valence-corrected chi connectivity index (χ3v) is 4.66. The highest BCUT2D eigenvalue weighted by molar-refractivity contribution is 5.66. The summed E-state index contributed by atoms with van der Waals surface area (Å²) in [6.07, 6.45) is 10.4. The summed E-state index contributed by atoms with van der Waals surface area (Å²) in [5, 5.41) is 28.5. The predicted molar refractivity (Wildman–Crippen MR) is 101 cm³/mol. The summed E-state index contributed by atoms with van der Waals surface area (Å²) in [4.78, 5) is 10.5. The molecule has 0 saturated heterocycles. The van der Waals surface area contributed by atoms with Gasteiger partial charge in [-0.25, -0.2) is 0 Å². The first-order chi connectivity index (χ1) is 12.0. The van der Waals surface area contributed by atoms with Crippen molar-refractivity contribution in [3.8, 4) is 5.75 Å². The Hall–Kier alpha value is -1.55. The van der Waals surface area contributed by atoms with Gasteiger partial charge in [0.25, 0.3) is 0 Å². The van der Waals surface area contributed by atoms with Gasteiger partial charge in [-0.15, -0.1) is 0 Å². The number of carboxylic acids is 1. The molecule has 25 heavy (non-hydrogen) atoms. The SMILES string of the molecule is CCCCCC(O)CCc1cc(O)ccc1CCCCCCC(=O)O. The average Bonchev–Trinajstić information content (AvgIpc) is 2.57. The molecule has 142 valence electrons. The summed E-state index contributed by atoms with van der Waals surface area (Å²) >= 11 is 0. The lowest BCUT2D eigenvalue weighted by molar-refractivity contribution is -0.137. The number of carboxylic acid groups (broad SMARTS) is 1. The van der Waals surface area contributed by atoms with Crippen LogP contribution in [0.2, 0.25) is 0 Å². The van der Waals surface area contributed by atoms with Crippen LogP contribution in [0.5, 0.6) is 5.75 Å². The largest absolute Gasteiger partial charge is 0.508 e. The fourth-order valence-corrected chi connectivity index (χ4v) is 3.13. The van der Waals surface area contributed by atoms with Gasteiger partial charge in [0.05, 0.1) is 6.10 Å². The van der Waals surface area contributed by atoms with Gasteiger partial charge in [0.15, 0.2) is 0 Å². The molecule has 0 radical (unpaired) electrons. The lowest BCUT2D eigenvalue weighted by Crippen LogP contribution is -2.08. The molecule has 0 bridgehead atoms. The normalized spacial score (nSPS) is 12.2. The van der Waals surface area contributed by atoms with E-state index in [0.29, 0.717) is 0 Å². The van der Waals surface area contributed by atoms with Crippen molar-refractivity contribution in [3.05, 3.63) is 29.3 Å². The minimum Gasteiger partial charge on any atom is -0.508 e. The number of aliphatic hydroxyl groups is 1. The molecule has 4 heteroatoms. The Morgan fingerprint density at radius 2 is 1.72 bits per heavy atom. The van der Waals surface area contributed by atoms with Crippen LogP contribution in [-0.2, 0) is 17.6 Å². The van der Waals surface area contributed by atoms with Crippen molar-refractivity contribution >= 4 is 5.97 Å². The third kappa shape index (κ3) is 10.1. The van der Waals surface area contributed by atoms with Crippen molar-refractivity contribution in [1.29, 1.82) is 0 Å². The van der Waals surface area contributed by atoms with Crippen LogP contribution in [0, 0.1) is 0 Å². The van der Waals surface area contributed by atoms with E-state index in [0.717, 1.165) is 76.2 Å². The number of carbonyl (C=O) groups is 1. The first-order valence-electron chi connectivity index (χ1n) is 9.73. The van der Waals surface area contributed by atoms with E-state index < -0.39 is 5.97 Å². The molecular weight excluding hydrogens is 316 g/mol. The number of phenols is 1. The number of hydrogen-bond acceptors (Lipinski definition) is 3. The van der Waals surface area contributed by atoms with Gasteiger partial charge < -0.3 is 15.3 Å². The highest BCUT2D eigenvalue weighted by Crippen LogP contribution is 2.22. The van der Waals surface area contributed by atoms with Crippen molar-refractivity contribution in [2.45, 2.75) is 90.1 Å². The van der Waals surface area contributed by atoms with Gasteiger partial charge in [-0.05, 0) is 61.8 Å². The molecule has 0 amide bonds. The Balaban J connectivity index is 2.39. The van der Waals surface area contributed by atoms with Gasteiger partial charge in [0.2, 0.25) is 0 Å². The molecule has 0 aliphatic rings. The highest BCUT2D eigenvalue weighted by atomic mass is 16.4. The maximum Gasteiger partial charge on any atom is 0.303 e. The second-order valence-electron chi connectivity index (χ2n) is 6.95. The summed E-state index contributed by atoms with van der Waals surface area (Å²) in [6, 6.07) is 5.52. The standard InChI is InChI=1S/C21H34O4/c1-2-3-6-10-19(22)14-13-18-16-20(23)15-12-17(18)9-7-4-5-8-11-21(24)25/h12,15-16,19,22-23H,2-11,13-14H2,1H3,(H,24,25). The van der Waals surface area contributed by atoms with Crippen LogP contribution in [0.25, 0.3) is 0 Å². The number of unbranched alkanes of at least 4 members (excludes halogenated alkanes) is 5. The molecule has 0 saturated carbocycles. The second-order valence-corrected chi connectivity index (χ2v) is 6.95. The monoisotopic (exact) mass is 350 g/mol. The zero-order chi connectivity index (χ0) is 18.5. The van der Waals surface area contributed by atoms with E-state index in [-0.39, 0.29) is 18.3 Å². The summed E-state index contributed by atoms with van der Waals surface area (Å²) in [5.74, 6) is -0.445. The second kappa shape index (κ2) is 12.8. The Labute approximate surface area is 151 Å². The number of benzene rings is 1. The number of rotatable bonds is 14. The number of aryl methyl sites for hydroxylation is 2. The number of aliphatic hydroxyl groups excluding tert-OH is 1. The molecule has 4 nitrogen and oxygen atoms in total. The quantitative estimate of drug-likeness (QED) is 0.419. The van der Waals surface area contributed by atoms with Crippen LogP contribution < -0.4 is 0 Å². The molecular formula is C21H34O4. The van der Waals surface area contributed by atoms with Crippen molar-refractivity contribution in [2.24, 2.45) is 0 Å². The zero-order valence-corrected chi connectivity index (χ0v) is 15.5. The summed E-state index contributed by atoms with van der Waals surface area (Å²) in [5.41, 5.74) is 2.36. The molecule has 3 N–H and O–H groups in total. The van der Waals surface area contributed by atoms with Gasteiger partial charge in [0.1, 0.15) is 5.75 Å². The van der Waals surface area contributed by atoms with E-state index in [1.54, 1.807) is 6.07 Å². The Morgan fingerprint density at radius 1 is 0.960 bits per heavy atom. The van der Waals surface area contributed by atoms with Crippen molar-refractivity contribution < 1.29 is 20.1 Å². The first kappa shape index (κ1) is 21.5. The Kier molecular flexibility index (Phi) is 11.0. The molecule has 1 rings (SSSR count). The number of phenolic OH excluding ortho intramolecular Hbond substituents is 1. The predicted octanol–water partition coefficient (Wildman–Crippen LogP) is 4.84. The Morgan fingerprint density at radius 3 is 2.44 bits per heavy atom. The topological polar surface area (TPSA) is 77.8 Å². The van der Waals surface area contributed by atoms with Crippen molar-refractivity contribution in [3.63, 3.8) is 0 Å². The zero-order valence-electron chi connectivity index (χ0n) is 15.5. The van der Waals surface area contributed by atoms with Gasteiger partial charge in [-0.2, -0.15) is 0 Å². The average molecular weight is 350 g/mol.